The van der Waals surface area contributed by atoms with E-state index in [1.165, 1.54) is 0 Å². The van der Waals surface area contributed by atoms with Gasteiger partial charge < -0.3 is 4.74 Å². The lowest BCUT2D eigenvalue weighted by Gasteiger charge is -2.49. The molecule has 2 rings (SSSR count). The molecule has 0 aromatic heterocycles. The average Bonchev–Trinajstić information content (AvgIpc) is 1.83. The molecule has 0 N–H and O–H groups in total. The van der Waals surface area contributed by atoms with E-state index in [1.54, 1.807) is 0 Å². The van der Waals surface area contributed by atoms with Crippen LogP contribution in [0.2, 0.25) is 0 Å². The SMILES string of the molecule is FC1(F)CCCCC12CCO2. The molecular formula is C8H12F2O. The summed E-state index contributed by atoms with van der Waals surface area (Å²) >= 11 is 0. The topological polar surface area (TPSA) is 9.23 Å². The highest BCUT2D eigenvalue weighted by atomic mass is 19.3. The highest BCUT2D eigenvalue weighted by Gasteiger charge is 2.59. The van der Waals surface area contributed by atoms with Gasteiger partial charge in [-0.1, -0.05) is 6.42 Å². The van der Waals surface area contributed by atoms with Crippen molar-refractivity contribution in [3.63, 3.8) is 0 Å². The Morgan fingerprint density at radius 2 is 1.64 bits per heavy atom. The number of rotatable bonds is 0. The first kappa shape index (κ1) is 7.47. The lowest BCUT2D eigenvalue weighted by atomic mass is 9.76. The smallest absolute Gasteiger partial charge is 0.276 e. The summed E-state index contributed by atoms with van der Waals surface area (Å²) in [4.78, 5) is 0. The van der Waals surface area contributed by atoms with Crippen molar-refractivity contribution in [3.05, 3.63) is 0 Å². The molecule has 0 amide bonds. The van der Waals surface area contributed by atoms with Gasteiger partial charge in [0.1, 0.15) is 5.60 Å². The molecule has 1 saturated heterocycles. The Morgan fingerprint density at radius 3 is 2.00 bits per heavy atom. The van der Waals surface area contributed by atoms with Gasteiger partial charge in [0.25, 0.3) is 5.92 Å². The molecule has 1 heterocycles. The zero-order chi connectivity index (χ0) is 7.95. The molecule has 1 unspecified atom stereocenters. The summed E-state index contributed by atoms with van der Waals surface area (Å²) in [5.41, 5.74) is -1.04. The van der Waals surface area contributed by atoms with E-state index in [-0.39, 0.29) is 6.42 Å². The lowest BCUT2D eigenvalue weighted by molar-refractivity contribution is -0.286. The minimum absolute atomic E-state index is 0.0208. The maximum absolute atomic E-state index is 13.2. The summed E-state index contributed by atoms with van der Waals surface area (Å²) in [6, 6.07) is 0. The molecule has 1 aliphatic carbocycles. The van der Waals surface area contributed by atoms with Gasteiger partial charge in [-0.15, -0.1) is 0 Å². The van der Waals surface area contributed by atoms with Crippen molar-refractivity contribution in [3.8, 4) is 0 Å². The van der Waals surface area contributed by atoms with E-state index in [0.29, 0.717) is 25.9 Å². The highest BCUT2D eigenvalue weighted by Crippen LogP contribution is 2.50. The van der Waals surface area contributed by atoms with Crippen molar-refractivity contribution in [1.82, 2.24) is 0 Å². The normalized spacial score (nSPS) is 42.0. The zero-order valence-corrected chi connectivity index (χ0v) is 6.41. The van der Waals surface area contributed by atoms with Gasteiger partial charge in [0.2, 0.25) is 0 Å². The van der Waals surface area contributed by atoms with Gasteiger partial charge in [0, 0.05) is 12.8 Å². The Hall–Kier alpha value is -0.180. The Morgan fingerprint density at radius 1 is 1.00 bits per heavy atom. The Balaban J connectivity index is 2.15. The maximum atomic E-state index is 13.2. The maximum Gasteiger partial charge on any atom is 0.276 e. The second-order valence-electron chi connectivity index (χ2n) is 3.50. The van der Waals surface area contributed by atoms with Crippen LogP contribution in [0.5, 0.6) is 0 Å². The lowest BCUT2D eigenvalue weighted by Crippen LogP contribution is -2.59. The van der Waals surface area contributed by atoms with Gasteiger partial charge in [-0.2, -0.15) is 0 Å². The fourth-order valence-electron chi connectivity index (χ4n) is 2.00. The molecule has 0 radical (unpaired) electrons. The van der Waals surface area contributed by atoms with Crippen molar-refractivity contribution in [1.29, 1.82) is 0 Å². The molecule has 0 aromatic carbocycles. The predicted molar refractivity (Wildman–Crippen MR) is 36.7 cm³/mol. The van der Waals surface area contributed by atoms with Crippen LogP contribution < -0.4 is 0 Å². The number of hydrogen-bond acceptors (Lipinski definition) is 1. The molecule has 2 aliphatic rings. The third-order valence-corrected chi connectivity index (χ3v) is 2.87. The Kier molecular flexibility index (Phi) is 1.46. The van der Waals surface area contributed by atoms with Gasteiger partial charge >= 0.3 is 0 Å². The molecule has 1 aliphatic heterocycles. The van der Waals surface area contributed by atoms with E-state index in [9.17, 15) is 8.78 Å². The summed E-state index contributed by atoms with van der Waals surface area (Å²) in [6.45, 7) is 0.523. The molecule has 1 nitrogen and oxygen atoms in total. The van der Waals surface area contributed by atoms with Crippen molar-refractivity contribution >= 4 is 0 Å². The first-order valence-electron chi connectivity index (χ1n) is 4.18. The third-order valence-electron chi connectivity index (χ3n) is 2.87. The van der Waals surface area contributed by atoms with Crippen LogP contribution in [0.4, 0.5) is 8.78 Å². The zero-order valence-electron chi connectivity index (χ0n) is 6.41. The first-order valence-corrected chi connectivity index (χ1v) is 4.18. The molecule has 11 heavy (non-hydrogen) atoms. The quantitative estimate of drug-likeness (QED) is 0.531. The van der Waals surface area contributed by atoms with Crippen molar-refractivity contribution in [2.75, 3.05) is 6.61 Å². The van der Waals surface area contributed by atoms with Crippen molar-refractivity contribution in [2.45, 2.75) is 43.6 Å². The number of alkyl halides is 2. The molecule has 2 fully saturated rings. The molecule has 1 spiro atoms. The molecule has 3 heteroatoms. The number of halogens is 2. The van der Waals surface area contributed by atoms with Crippen molar-refractivity contribution in [2.24, 2.45) is 0 Å². The summed E-state index contributed by atoms with van der Waals surface area (Å²) < 4.78 is 31.4. The van der Waals surface area contributed by atoms with Crippen LogP contribution in [0.25, 0.3) is 0 Å². The number of ether oxygens (including phenoxy) is 1. The molecule has 1 saturated carbocycles. The fourth-order valence-corrected chi connectivity index (χ4v) is 2.00. The Bertz CT molecular complexity index is 163. The van der Waals surface area contributed by atoms with E-state index in [0.717, 1.165) is 6.42 Å². The Labute approximate surface area is 64.7 Å². The van der Waals surface area contributed by atoms with E-state index in [1.807, 2.05) is 0 Å². The van der Waals surface area contributed by atoms with Crippen LogP contribution in [0, 0.1) is 0 Å². The fraction of sp³-hybridized carbons (Fsp3) is 1.00. The minimum Gasteiger partial charge on any atom is -0.369 e. The second kappa shape index (κ2) is 2.16. The summed E-state index contributed by atoms with van der Waals surface area (Å²) in [5.74, 6) is -2.55. The minimum atomic E-state index is -2.55. The van der Waals surface area contributed by atoms with Crippen LogP contribution in [-0.2, 0) is 4.74 Å². The van der Waals surface area contributed by atoms with Gasteiger partial charge in [-0.3, -0.25) is 0 Å². The largest absolute Gasteiger partial charge is 0.369 e. The van der Waals surface area contributed by atoms with Gasteiger partial charge in [0.05, 0.1) is 6.61 Å². The molecule has 1 atom stereocenters. The van der Waals surface area contributed by atoms with Gasteiger partial charge in [-0.25, -0.2) is 8.78 Å². The summed E-state index contributed by atoms with van der Waals surface area (Å²) in [6.07, 6.45) is 2.68. The van der Waals surface area contributed by atoms with Crippen LogP contribution >= 0.6 is 0 Å². The monoisotopic (exact) mass is 162 g/mol. The van der Waals surface area contributed by atoms with E-state index in [4.69, 9.17) is 4.74 Å². The van der Waals surface area contributed by atoms with Gasteiger partial charge in [-0.05, 0) is 12.8 Å². The standard InChI is InChI=1S/C8H12F2O/c9-8(10)4-2-1-3-7(8)5-6-11-7/h1-6H2. The van der Waals surface area contributed by atoms with E-state index < -0.39 is 11.5 Å². The first-order chi connectivity index (χ1) is 5.16. The highest BCUT2D eigenvalue weighted by molar-refractivity contribution is 5.02. The second-order valence-corrected chi connectivity index (χ2v) is 3.50. The van der Waals surface area contributed by atoms with Crippen LogP contribution in [0.1, 0.15) is 32.1 Å². The summed E-state index contributed by atoms with van der Waals surface area (Å²) in [5, 5.41) is 0. The molecule has 0 aromatic rings. The molecule has 64 valence electrons. The average molecular weight is 162 g/mol. The van der Waals surface area contributed by atoms with Crippen molar-refractivity contribution < 1.29 is 13.5 Å². The van der Waals surface area contributed by atoms with Crippen LogP contribution in [0.15, 0.2) is 0 Å². The molecular weight excluding hydrogens is 150 g/mol. The third kappa shape index (κ3) is 0.901. The van der Waals surface area contributed by atoms with Crippen LogP contribution in [0.3, 0.4) is 0 Å². The predicted octanol–water partition coefficient (Wildman–Crippen LogP) is 2.35. The summed E-state index contributed by atoms with van der Waals surface area (Å²) in [7, 11) is 0. The number of hydrogen-bond donors (Lipinski definition) is 0. The van der Waals surface area contributed by atoms with E-state index in [2.05, 4.69) is 0 Å². The van der Waals surface area contributed by atoms with Crippen LogP contribution in [-0.4, -0.2) is 18.1 Å². The van der Waals surface area contributed by atoms with Gasteiger partial charge in [0.15, 0.2) is 0 Å². The molecule has 0 bridgehead atoms. The van der Waals surface area contributed by atoms with E-state index >= 15 is 0 Å².